The molecular formula is C29H31N9O3. The highest BCUT2D eigenvalue weighted by Gasteiger charge is 2.44. The number of hydrogen-bond donors (Lipinski definition) is 1. The number of piperidine rings is 1. The first-order chi connectivity index (χ1) is 21.3. The Kier molecular flexibility index (Phi) is 5.97. The fourth-order valence-corrected chi connectivity index (χ4v) is 5.90. The Balaban J connectivity index is 1.03. The number of methoxy groups -OCH3 is 1. The van der Waals surface area contributed by atoms with Crippen molar-refractivity contribution in [3.63, 3.8) is 0 Å². The second-order valence-corrected chi connectivity index (χ2v) is 10.5. The van der Waals surface area contributed by atoms with E-state index < -0.39 is 7.04 Å². The molecule has 4 aliphatic rings. The van der Waals surface area contributed by atoms with Gasteiger partial charge >= 0.3 is 0 Å². The largest absolute Gasteiger partial charge is 0.489 e. The first-order valence-electron chi connectivity index (χ1n) is 15.2. The number of anilines is 1. The summed E-state index contributed by atoms with van der Waals surface area (Å²) in [7, 11) is -2.51. The van der Waals surface area contributed by atoms with Crippen LogP contribution in [0.2, 0.25) is 0 Å². The molecule has 4 aliphatic heterocycles. The maximum Gasteiger partial charge on any atom is 0.212 e. The number of ether oxygens (including phenoxy) is 3. The molecule has 4 saturated heterocycles. The minimum absolute atomic E-state index is 0.0406. The van der Waals surface area contributed by atoms with E-state index in [1.807, 2.05) is 12.1 Å². The van der Waals surface area contributed by atoms with Gasteiger partial charge in [0.2, 0.25) is 5.88 Å². The predicted molar refractivity (Wildman–Crippen MR) is 150 cm³/mol. The Bertz CT molecular complexity index is 1660. The molecule has 2 bridgehead atoms. The standard InChI is InChI=1S/C29H31N9O3/c1-39-28-3-2-19(9-34-28)14-37-21-6-22(37)16-36(15-21)27-13-32-26(12-33-27)25-7-23(41-18-24-11-31-4-5-40-24)17-38-29(25)20(8-30)10-35-38/h2-3,7,9-10,12-13,17,21-22,24,31H,4-6,11,14-16,18H2,1H3/t21?,22?,24-/m1/s1/i1D3. The van der Waals surface area contributed by atoms with Crippen molar-refractivity contribution in [3.05, 3.63) is 60.3 Å². The van der Waals surface area contributed by atoms with E-state index in [4.69, 9.17) is 28.3 Å². The molecule has 0 spiro atoms. The summed E-state index contributed by atoms with van der Waals surface area (Å²) in [5.74, 6) is 1.50. The van der Waals surface area contributed by atoms with Crippen molar-refractivity contribution in [2.24, 2.45) is 0 Å². The number of nitrogens with one attached hydrogen (secondary N) is 1. The Morgan fingerprint density at radius 3 is 2.83 bits per heavy atom. The fraction of sp³-hybridized carbons (Fsp3) is 0.414. The molecule has 0 aromatic carbocycles. The Hall–Kier alpha value is -4.31. The molecule has 3 atom stereocenters. The van der Waals surface area contributed by atoms with Crippen LogP contribution in [0.15, 0.2) is 49.2 Å². The zero-order valence-corrected chi connectivity index (χ0v) is 22.3. The van der Waals surface area contributed by atoms with Gasteiger partial charge in [-0.3, -0.25) is 9.88 Å². The third-order valence-electron chi connectivity index (χ3n) is 8.00. The maximum absolute atomic E-state index is 9.71. The SMILES string of the molecule is [2H]C([2H])([2H])Oc1ccc(CN2C3CC2CN(c2cnc(-c4cc(OC[C@H]5CNCCO5)cn5ncc(C#N)c45)cn2)C3)cn1. The molecule has 12 nitrogen and oxygen atoms in total. The smallest absolute Gasteiger partial charge is 0.212 e. The van der Waals surface area contributed by atoms with Crippen molar-refractivity contribution in [2.45, 2.75) is 31.2 Å². The molecule has 1 N–H and O–H groups in total. The van der Waals surface area contributed by atoms with E-state index in [2.05, 4.69) is 31.3 Å². The van der Waals surface area contributed by atoms with E-state index in [9.17, 15) is 5.26 Å². The van der Waals surface area contributed by atoms with Crippen molar-refractivity contribution < 1.29 is 18.3 Å². The number of nitrogens with zero attached hydrogens (tertiary/aromatic N) is 8. The van der Waals surface area contributed by atoms with Gasteiger partial charge in [-0.1, -0.05) is 6.07 Å². The van der Waals surface area contributed by atoms with Crippen LogP contribution in [0.4, 0.5) is 5.82 Å². The lowest BCUT2D eigenvalue weighted by molar-refractivity contribution is -0.00879. The summed E-state index contributed by atoms with van der Waals surface area (Å²) in [4.78, 5) is 18.4. The average molecular weight is 557 g/mol. The molecule has 0 aliphatic carbocycles. The number of hydrogen-bond acceptors (Lipinski definition) is 11. The lowest BCUT2D eigenvalue weighted by Crippen LogP contribution is -2.68. The van der Waals surface area contributed by atoms with Crippen LogP contribution in [0.1, 0.15) is 21.7 Å². The molecule has 8 heterocycles. The molecule has 2 unspecified atom stereocenters. The van der Waals surface area contributed by atoms with Crippen LogP contribution in [0.5, 0.6) is 11.6 Å². The van der Waals surface area contributed by atoms with Gasteiger partial charge in [0.25, 0.3) is 0 Å². The third kappa shape index (κ3) is 5.04. The van der Waals surface area contributed by atoms with Crippen LogP contribution in [-0.2, 0) is 11.3 Å². The summed E-state index contributed by atoms with van der Waals surface area (Å²) in [6.07, 6.45) is 9.57. The van der Waals surface area contributed by atoms with E-state index in [1.54, 1.807) is 41.6 Å². The maximum atomic E-state index is 9.71. The molecule has 210 valence electrons. The van der Waals surface area contributed by atoms with Gasteiger partial charge in [-0.2, -0.15) is 10.4 Å². The second-order valence-electron chi connectivity index (χ2n) is 10.5. The molecule has 4 aromatic rings. The first-order valence-corrected chi connectivity index (χ1v) is 13.7. The molecule has 4 fully saturated rings. The minimum Gasteiger partial charge on any atom is -0.489 e. The number of aromatic nitrogens is 5. The first kappa shape index (κ1) is 22.4. The lowest BCUT2D eigenvalue weighted by Gasteiger charge is -2.56. The lowest BCUT2D eigenvalue weighted by atomic mass is 9.87. The van der Waals surface area contributed by atoms with Crippen LogP contribution in [-0.4, -0.2) is 94.1 Å². The van der Waals surface area contributed by atoms with Crippen LogP contribution in [0.25, 0.3) is 16.8 Å². The molecule has 4 aromatic heterocycles. The highest BCUT2D eigenvalue weighted by Crippen LogP contribution is 2.36. The van der Waals surface area contributed by atoms with Crippen molar-refractivity contribution in [3.8, 4) is 29.0 Å². The van der Waals surface area contributed by atoms with Gasteiger partial charge in [0, 0.05) is 62.6 Å². The zero-order chi connectivity index (χ0) is 30.3. The minimum atomic E-state index is -2.51. The van der Waals surface area contributed by atoms with Crippen molar-refractivity contribution >= 4 is 11.3 Å². The summed E-state index contributed by atoms with van der Waals surface area (Å²) in [6.45, 7) is 4.99. The Morgan fingerprint density at radius 2 is 2.10 bits per heavy atom. The molecule has 0 radical (unpaired) electrons. The van der Waals surface area contributed by atoms with Gasteiger partial charge in [-0.15, -0.1) is 0 Å². The zero-order valence-electron chi connectivity index (χ0n) is 25.3. The fourth-order valence-electron chi connectivity index (χ4n) is 5.90. The van der Waals surface area contributed by atoms with Gasteiger partial charge in [-0.05, 0) is 18.1 Å². The number of rotatable bonds is 8. The normalized spacial score (nSPS) is 23.6. The Labute approximate surface area is 241 Å². The third-order valence-corrected chi connectivity index (χ3v) is 8.00. The quantitative estimate of drug-likeness (QED) is 0.342. The summed E-state index contributed by atoms with van der Waals surface area (Å²) in [5, 5.41) is 17.4. The summed E-state index contributed by atoms with van der Waals surface area (Å²) < 4.78 is 40.0. The highest BCUT2D eigenvalue weighted by molar-refractivity contribution is 5.83. The van der Waals surface area contributed by atoms with Gasteiger partial charge in [0.1, 0.15) is 30.3 Å². The van der Waals surface area contributed by atoms with Crippen LogP contribution in [0.3, 0.4) is 0 Å². The molecule has 0 saturated carbocycles. The van der Waals surface area contributed by atoms with E-state index in [0.29, 0.717) is 47.8 Å². The van der Waals surface area contributed by atoms with Gasteiger partial charge in [-0.25, -0.2) is 14.5 Å². The highest BCUT2D eigenvalue weighted by atomic mass is 16.5. The number of pyridine rings is 2. The molecule has 8 rings (SSSR count). The van der Waals surface area contributed by atoms with Crippen LogP contribution >= 0.6 is 0 Å². The van der Waals surface area contributed by atoms with E-state index in [1.165, 1.54) is 0 Å². The second kappa shape index (κ2) is 10.9. The summed E-state index contributed by atoms with van der Waals surface area (Å²) >= 11 is 0. The van der Waals surface area contributed by atoms with E-state index in [0.717, 1.165) is 56.1 Å². The van der Waals surface area contributed by atoms with Gasteiger partial charge < -0.3 is 24.4 Å². The van der Waals surface area contributed by atoms with Crippen LogP contribution < -0.4 is 19.7 Å². The predicted octanol–water partition coefficient (Wildman–Crippen LogP) is 1.90. The van der Waals surface area contributed by atoms with E-state index >= 15 is 0 Å². The van der Waals surface area contributed by atoms with Crippen molar-refractivity contribution in [2.75, 3.05) is 51.3 Å². The van der Waals surface area contributed by atoms with Crippen molar-refractivity contribution in [1.29, 1.82) is 5.26 Å². The number of morpholine rings is 1. The number of nitriles is 1. The molecule has 41 heavy (non-hydrogen) atoms. The van der Waals surface area contributed by atoms with Gasteiger partial charge in [0.05, 0.1) is 59.3 Å². The topological polar surface area (TPSA) is 126 Å². The van der Waals surface area contributed by atoms with Gasteiger partial charge in [0.15, 0.2) is 0 Å². The monoisotopic (exact) mass is 556 g/mol. The molecule has 12 heteroatoms. The molecule has 0 amide bonds. The summed E-state index contributed by atoms with van der Waals surface area (Å²) in [5.41, 5.74) is 3.45. The number of fused-ring (bicyclic) bond motifs is 3. The summed E-state index contributed by atoms with van der Waals surface area (Å²) in [6, 6.07) is 8.30. The van der Waals surface area contributed by atoms with Crippen molar-refractivity contribution in [1.82, 2.24) is 34.8 Å². The Morgan fingerprint density at radius 1 is 1.17 bits per heavy atom. The molecular weight excluding hydrogens is 522 g/mol. The average Bonchev–Trinajstić information content (AvgIpc) is 3.46. The number of piperazine rings is 1. The van der Waals surface area contributed by atoms with E-state index in [-0.39, 0.29) is 12.0 Å². The van der Waals surface area contributed by atoms with Crippen LogP contribution in [0, 0.1) is 11.3 Å².